The molecule has 0 aliphatic carbocycles. The predicted octanol–water partition coefficient (Wildman–Crippen LogP) is 8.92. The van der Waals surface area contributed by atoms with Gasteiger partial charge in [-0.3, -0.25) is 0 Å². The lowest BCUT2D eigenvalue weighted by molar-refractivity contribution is 1.51. The minimum atomic E-state index is 1.08. The fraction of sp³-hybridized carbons (Fsp3) is 0. The third kappa shape index (κ3) is 3.85. The highest BCUT2D eigenvalue weighted by atomic mass is 79.9. The van der Waals surface area contributed by atoms with Gasteiger partial charge in [0.25, 0.3) is 0 Å². The van der Waals surface area contributed by atoms with Crippen molar-refractivity contribution >= 4 is 15.9 Å². The molecule has 0 heterocycles. The smallest absolute Gasteiger partial charge is 0.0345 e. The van der Waals surface area contributed by atoms with Crippen molar-refractivity contribution in [3.8, 4) is 44.5 Å². The second-order valence-electron chi connectivity index (χ2n) is 7.40. The summed E-state index contributed by atoms with van der Waals surface area (Å²) in [6, 6.07) is 46.0. The van der Waals surface area contributed by atoms with E-state index in [0.717, 1.165) is 37.9 Å². The van der Waals surface area contributed by atoms with Crippen molar-refractivity contribution in [3.63, 3.8) is 0 Å². The number of rotatable bonds is 4. The number of halogens is 1. The maximum absolute atomic E-state index is 4.03. The second kappa shape index (κ2) is 8.75. The summed E-state index contributed by atoms with van der Waals surface area (Å²) in [5.74, 6) is 0. The van der Waals surface area contributed by atoms with Gasteiger partial charge in [-0.15, -0.1) is 0 Å². The van der Waals surface area contributed by atoms with E-state index in [1.54, 1.807) is 0 Å². The Morgan fingerprint density at radius 1 is 0.387 bits per heavy atom. The van der Waals surface area contributed by atoms with Crippen molar-refractivity contribution in [1.29, 1.82) is 0 Å². The van der Waals surface area contributed by atoms with Gasteiger partial charge in [-0.25, -0.2) is 0 Å². The fourth-order valence-corrected chi connectivity index (χ4v) is 4.84. The highest BCUT2D eigenvalue weighted by Crippen LogP contribution is 2.47. The predicted molar refractivity (Wildman–Crippen MR) is 135 cm³/mol. The van der Waals surface area contributed by atoms with Gasteiger partial charge in [0.05, 0.1) is 0 Å². The van der Waals surface area contributed by atoms with Gasteiger partial charge in [-0.2, -0.15) is 0 Å². The summed E-state index contributed by atoms with van der Waals surface area (Å²) in [4.78, 5) is 0. The van der Waals surface area contributed by atoms with E-state index in [-0.39, 0.29) is 0 Å². The Morgan fingerprint density at radius 3 is 1.00 bits per heavy atom. The molecule has 0 spiro atoms. The molecule has 0 aliphatic heterocycles. The van der Waals surface area contributed by atoms with E-state index in [9.17, 15) is 0 Å². The van der Waals surface area contributed by atoms with Crippen LogP contribution in [0.15, 0.2) is 126 Å². The Bertz CT molecular complexity index is 1190. The molecule has 0 unspecified atom stereocenters. The molecule has 0 nitrogen and oxygen atoms in total. The SMILES string of the molecule is Brc1c(-c2ccccc2)c(-c2ccccc2)[c]c(-c2ccccc2)c1-c1ccccc1. The van der Waals surface area contributed by atoms with Crippen LogP contribution in [-0.4, -0.2) is 0 Å². The van der Waals surface area contributed by atoms with Crippen LogP contribution < -0.4 is 0 Å². The van der Waals surface area contributed by atoms with Crippen LogP contribution in [-0.2, 0) is 0 Å². The average Bonchev–Trinajstić information content (AvgIpc) is 2.85. The van der Waals surface area contributed by atoms with Crippen LogP contribution in [0.3, 0.4) is 0 Å². The van der Waals surface area contributed by atoms with Gasteiger partial charge < -0.3 is 0 Å². The van der Waals surface area contributed by atoms with Crippen LogP contribution in [0, 0.1) is 6.07 Å². The zero-order chi connectivity index (χ0) is 21.0. The Kier molecular flexibility index (Phi) is 5.52. The van der Waals surface area contributed by atoms with Crippen LogP contribution in [0.2, 0.25) is 0 Å². The first kappa shape index (κ1) is 19.5. The third-order valence-corrected chi connectivity index (χ3v) is 6.23. The van der Waals surface area contributed by atoms with E-state index in [1.165, 1.54) is 11.1 Å². The van der Waals surface area contributed by atoms with Crippen molar-refractivity contribution in [2.75, 3.05) is 0 Å². The van der Waals surface area contributed by atoms with Gasteiger partial charge in [0, 0.05) is 15.6 Å². The first-order chi connectivity index (χ1) is 15.3. The molecule has 147 valence electrons. The number of hydrogen-bond donors (Lipinski definition) is 0. The Morgan fingerprint density at radius 2 is 0.677 bits per heavy atom. The molecular formula is C30H20Br. The first-order valence-corrected chi connectivity index (χ1v) is 11.1. The molecule has 31 heavy (non-hydrogen) atoms. The normalized spacial score (nSPS) is 10.7. The van der Waals surface area contributed by atoms with Gasteiger partial charge >= 0.3 is 0 Å². The van der Waals surface area contributed by atoms with Crippen LogP contribution >= 0.6 is 15.9 Å². The quantitative estimate of drug-likeness (QED) is 0.251. The minimum absolute atomic E-state index is 1.08. The summed E-state index contributed by atoms with van der Waals surface area (Å²) in [6.07, 6.45) is 0. The van der Waals surface area contributed by atoms with Crippen molar-refractivity contribution in [1.82, 2.24) is 0 Å². The van der Waals surface area contributed by atoms with Crippen molar-refractivity contribution in [2.45, 2.75) is 0 Å². The van der Waals surface area contributed by atoms with E-state index >= 15 is 0 Å². The van der Waals surface area contributed by atoms with Crippen molar-refractivity contribution < 1.29 is 0 Å². The third-order valence-electron chi connectivity index (χ3n) is 5.44. The molecule has 0 aliphatic rings. The standard InChI is InChI=1S/C30H20Br/c31-30-28(24-17-9-3-10-18-24)26(22-13-5-1-6-14-22)21-27(23-15-7-2-8-16-23)29(30)25-19-11-4-12-20-25/h1-20H. The van der Waals surface area contributed by atoms with E-state index < -0.39 is 0 Å². The highest BCUT2D eigenvalue weighted by Gasteiger charge is 2.21. The van der Waals surface area contributed by atoms with Crippen LogP contribution in [0.1, 0.15) is 0 Å². The monoisotopic (exact) mass is 459 g/mol. The molecule has 0 N–H and O–H groups in total. The summed E-state index contributed by atoms with van der Waals surface area (Å²) in [6.45, 7) is 0. The molecule has 0 bridgehead atoms. The van der Waals surface area contributed by atoms with Crippen molar-refractivity contribution in [3.05, 3.63) is 132 Å². The zero-order valence-electron chi connectivity index (χ0n) is 16.9. The topological polar surface area (TPSA) is 0 Å². The molecule has 0 aromatic heterocycles. The first-order valence-electron chi connectivity index (χ1n) is 10.3. The highest BCUT2D eigenvalue weighted by molar-refractivity contribution is 9.10. The van der Waals surface area contributed by atoms with Gasteiger partial charge in [0.1, 0.15) is 0 Å². The van der Waals surface area contributed by atoms with Crippen LogP contribution in [0.4, 0.5) is 0 Å². The molecule has 1 radical (unpaired) electrons. The summed E-state index contributed by atoms with van der Waals surface area (Å²) in [5.41, 5.74) is 9.14. The largest absolute Gasteiger partial charge is 0.0622 e. The second-order valence-corrected chi connectivity index (χ2v) is 8.20. The minimum Gasteiger partial charge on any atom is -0.0622 e. The Hall–Kier alpha value is -3.42. The van der Waals surface area contributed by atoms with Gasteiger partial charge in [0.2, 0.25) is 0 Å². The average molecular weight is 460 g/mol. The molecule has 0 atom stereocenters. The summed E-state index contributed by atoms with van der Waals surface area (Å²) in [5, 5.41) is 0. The number of benzene rings is 5. The van der Waals surface area contributed by atoms with E-state index in [0.29, 0.717) is 0 Å². The molecule has 1 heteroatoms. The molecule has 5 aromatic carbocycles. The molecule has 5 aromatic rings. The lowest BCUT2D eigenvalue weighted by Gasteiger charge is -2.20. The van der Waals surface area contributed by atoms with Crippen LogP contribution in [0.5, 0.6) is 0 Å². The van der Waals surface area contributed by atoms with Gasteiger partial charge in [-0.05, 0) is 55.4 Å². The maximum Gasteiger partial charge on any atom is 0.0345 e. The van der Waals surface area contributed by atoms with E-state index in [2.05, 4.69) is 143 Å². The van der Waals surface area contributed by atoms with Crippen LogP contribution in [0.25, 0.3) is 44.5 Å². The van der Waals surface area contributed by atoms with Crippen molar-refractivity contribution in [2.24, 2.45) is 0 Å². The lowest BCUT2D eigenvalue weighted by atomic mass is 9.85. The van der Waals surface area contributed by atoms with E-state index in [1.807, 2.05) is 0 Å². The Balaban J connectivity index is 1.91. The summed E-state index contributed by atoms with van der Waals surface area (Å²) >= 11 is 4.03. The fourth-order valence-electron chi connectivity index (χ4n) is 3.99. The molecule has 0 saturated carbocycles. The number of hydrogen-bond acceptors (Lipinski definition) is 0. The van der Waals surface area contributed by atoms with Gasteiger partial charge in [-0.1, -0.05) is 121 Å². The molecule has 0 fully saturated rings. The molecule has 0 amide bonds. The molecular weight excluding hydrogens is 440 g/mol. The summed E-state index contributed by atoms with van der Waals surface area (Å²) in [7, 11) is 0. The maximum atomic E-state index is 4.03. The Labute approximate surface area is 192 Å². The molecule has 0 saturated heterocycles. The summed E-state index contributed by atoms with van der Waals surface area (Å²) < 4.78 is 1.08. The van der Waals surface area contributed by atoms with E-state index in [4.69, 9.17) is 0 Å². The van der Waals surface area contributed by atoms with Gasteiger partial charge in [0.15, 0.2) is 0 Å². The molecule has 5 rings (SSSR count). The zero-order valence-corrected chi connectivity index (χ0v) is 18.5. The lowest BCUT2D eigenvalue weighted by Crippen LogP contribution is -1.95.